The molecule has 3 N–H and O–H groups in total. The van der Waals surface area contributed by atoms with E-state index < -0.39 is 19.1 Å². The Bertz CT molecular complexity index is 1260. The van der Waals surface area contributed by atoms with Gasteiger partial charge in [-0.05, 0) is 19.1 Å². The number of pyridine rings is 1. The molecule has 1 atom stereocenters. The summed E-state index contributed by atoms with van der Waals surface area (Å²) in [5, 5.41) is 26.6. The number of hydrogen-bond donors (Lipinski definition) is 3. The number of aromatic nitrogens is 6. The maximum atomic E-state index is 13.0. The first-order valence-electron chi connectivity index (χ1n) is 9.43. The van der Waals surface area contributed by atoms with Crippen molar-refractivity contribution in [3.63, 3.8) is 0 Å². The first-order valence-corrected chi connectivity index (χ1v) is 9.43. The minimum atomic E-state index is -2.58. The normalized spacial score (nSPS) is 12.3. The fraction of sp³-hybridized carbons (Fsp3) is 0.250. The van der Waals surface area contributed by atoms with Crippen LogP contribution in [0.5, 0.6) is 0 Å². The Hall–Kier alpha value is -3.91. The third kappa shape index (κ3) is 4.34. The van der Waals surface area contributed by atoms with Crippen molar-refractivity contribution >= 4 is 17.0 Å². The summed E-state index contributed by atoms with van der Waals surface area (Å²) in [6, 6.07) is 5.47. The fourth-order valence-electron chi connectivity index (χ4n) is 3.12. The number of fused-ring (bicyclic) bond motifs is 1. The summed E-state index contributed by atoms with van der Waals surface area (Å²) in [6.07, 6.45) is 2.97. The van der Waals surface area contributed by atoms with Gasteiger partial charge in [-0.1, -0.05) is 0 Å². The molecular formula is C20H18F2N8O. The predicted octanol–water partition coefficient (Wildman–Crippen LogP) is 2.81. The van der Waals surface area contributed by atoms with Crippen LogP contribution in [0.3, 0.4) is 0 Å². The number of halogens is 2. The SMILES string of the molecule is C[C@H](O)CNc1nccc(-c2cn(CC(F)F)nc2-c2cnc3[nH]cc(C#N)c3c2)n1. The van der Waals surface area contributed by atoms with Crippen molar-refractivity contribution in [2.24, 2.45) is 0 Å². The number of alkyl halides is 2. The zero-order valence-corrected chi connectivity index (χ0v) is 16.4. The van der Waals surface area contributed by atoms with Crippen molar-refractivity contribution in [3.8, 4) is 28.6 Å². The number of aliphatic hydroxyl groups is 1. The Morgan fingerprint density at radius 1 is 1.35 bits per heavy atom. The lowest BCUT2D eigenvalue weighted by atomic mass is 10.1. The molecule has 31 heavy (non-hydrogen) atoms. The van der Waals surface area contributed by atoms with E-state index in [-0.39, 0.29) is 12.5 Å². The average molecular weight is 424 g/mol. The Kier molecular flexibility index (Phi) is 5.55. The maximum Gasteiger partial charge on any atom is 0.257 e. The number of nitrogens with one attached hydrogen (secondary N) is 2. The van der Waals surface area contributed by atoms with Crippen LogP contribution in [0.4, 0.5) is 14.7 Å². The summed E-state index contributed by atoms with van der Waals surface area (Å²) in [6.45, 7) is 1.31. The summed E-state index contributed by atoms with van der Waals surface area (Å²) >= 11 is 0. The van der Waals surface area contributed by atoms with Crippen LogP contribution < -0.4 is 5.32 Å². The predicted molar refractivity (Wildman–Crippen MR) is 109 cm³/mol. The van der Waals surface area contributed by atoms with Gasteiger partial charge in [-0.15, -0.1) is 0 Å². The number of hydrogen-bond acceptors (Lipinski definition) is 7. The lowest BCUT2D eigenvalue weighted by Crippen LogP contribution is -2.16. The van der Waals surface area contributed by atoms with Gasteiger partial charge in [0.25, 0.3) is 6.43 Å². The third-order valence-electron chi connectivity index (χ3n) is 4.50. The number of aliphatic hydroxyl groups excluding tert-OH is 1. The summed E-state index contributed by atoms with van der Waals surface area (Å²) in [5.41, 5.74) is 2.90. The summed E-state index contributed by atoms with van der Waals surface area (Å²) in [5.74, 6) is 0.289. The first kappa shape index (κ1) is 20.4. The van der Waals surface area contributed by atoms with Gasteiger partial charge in [-0.3, -0.25) is 4.68 Å². The number of rotatable bonds is 7. The molecule has 0 amide bonds. The van der Waals surface area contributed by atoms with E-state index in [0.717, 1.165) is 4.68 Å². The topological polar surface area (TPSA) is 128 Å². The van der Waals surface area contributed by atoms with Crippen LogP contribution in [-0.4, -0.2) is 53.9 Å². The number of H-pyrrole nitrogens is 1. The highest BCUT2D eigenvalue weighted by atomic mass is 19.3. The van der Waals surface area contributed by atoms with Gasteiger partial charge in [0.2, 0.25) is 5.95 Å². The van der Waals surface area contributed by atoms with Crippen molar-refractivity contribution in [2.45, 2.75) is 26.0 Å². The van der Waals surface area contributed by atoms with Crippen LogP contribution in [0.15, 0.2) is 36.9 Å². The lowest BCUT2D eigenvalue weighted by molar-refractivity contribution is 0.122. The van der Waals surface area contributed by atoms with Gasteiger partial charge in [-0.25, -0.2) is 23.7 Å². The van der Waals surface area contributed by atoms with E-state index in [1.165, 1.54) is 12.4 Å². The van der Waals surface area contributed by atoms with E-state index >= 15 is 0 Å². The summed E-state index contributed by atoms with van der Waals surface area (Å²) in [4.78, 5) is 15.8. The largest absolute Gasteiger partial charge is 0.392 e. The first-order chi connectivity index (χ1) is 14.9. The van der Waals surface area contributed by atoms with Crippen molar-refractivity contribution < 1.29 is 13.9 Å². The van der Waals surface area contributed by atoms with E-state index in [4.69, 9.17) is 0 Å². The van der Waals surface area contributed by atoms with E-state index in [0.29, 0.717) is 39.1 Å². The van der Waals surface area contributed by atoms with Crippen molar-refractivity contribution in [1.82, 2.24) is 29.7 Å². The molecule has 0 bridgehead atoms. The quantitative estimate of drug-likeness (QED) is 0.416. The smallest absolute Gasteiger partial charge is 0.257 e. The van der Waals surface area contributed by atoms with Crippen LogP contribution in [-0.2, 0) is 6.54 Å². The zero-order valence-electron chi connectivity index (χ0n) is 16.4. The van der Waals surface area contributed by atoms with Crippen LogP contribution in [0.1, 0.15) is 12.5 Å². The van der Waals surface area contributed by atoms with Crippen molar-refractivity contribution in [2.75, 3.05) is 11.9 Å². The maximum absolute atomic E-state index is 13.0. The Morgan fingerprint density at radius 2 is 2.19 bits per heavy atom. The molecule has 158 valence electrons. The second-order valence-corrected chi connectivity index (χ2v) is 6.93. The Morgan fingerprint density at radius 3 is 2.94 bits per heavy atom. The molecule has 0 aliphatic carbocycles. The van der Waals surface area contributed by atoms with Gasteiger partial charge in [0.15, 0.2) is 0 Å². The minimum absolute atomic E-state index is 0.256. The molecule has 4 aromatic heterocycles. The molecule has 4 heterocycles. The molecule has 0 aliphatic heterocycles. The van der Waals surface area contributed by atoms with Gasteiger partial charge >= 0.3 is 0 Å². The molecule has 4 rings (SSSR count). The van der Waals surface area contributed by atoms with Gasteiger partial charge in [0.1, 0.15) is 24.0 Å². The van der Waals surface area contributed by atoms with Crippen LogP contribution >= 0.6 is 0 Å². The molecule has 0 unspecified atom stereocenters. The summed E-state index contributed by atoms with van der Waals surface area (Å²) in [7, 11) is 0. The van der Waals surface area contributed by atoms with Crippen molar-refractivity contribution in [1.29, 1.82) is 5.26 Å². The number of nitrogens with zero attached hydrogens (tertiary/aromatic N) is 6. The van der Waals surface area contributed by atoms with Crippen LogP contribution in [0.2, 0.25) is 0 Å². The van der Waals surface area contributed by atoms with Gasteiger partial charge in [-0.2, -0.15) is 10.4 Å². The standard InChI is InChI=1S/C20H18F2N8O/c1-11(31)6-27-20-24-3-2-16(28-20)15-9-30(10-17(21)22)29-18(15)12-4-14-13(5-23)8-26-19(14)25-7-12/h2-4,7-9,11,17,31H,6,10H2,1H3,(H,25,26)(H,24,27,28)/t11-/m0/s1. The molecular weight excluding hydrogens is 406 g/mol. The highest BCUT2D eigenvalue weighted by molar-refractivity contribution is 5.88. The van der Waals surface area contributed by atoms with E-state index in [1.807, 2.05) is 0 Å². The second-order valence-electron chi connectivity index (χ2n) is 6.93. The molecule has 0 spiro atoms. The van der Waals surface area contributed by atoms with Gasteiger partial charge in [0, 0.05) is 47.8 Å². The van der Waals surface area contributed by atoms with E-state index in [1.54, 1.807) is 31.5 Å². The zero-order chi connectivity index (χ0) is 22.0. The number of anilines is 1. The summed E-state index contributed by atoms with van der Waals surface area (Å²) < 4.78 is 27.2. The molecule has 0 aliphatic rings. The molecule has 4 aromatic rings. The molecule has 0 saturated carbocycles. The molecule has 9 nitrogen and oxygen atoms in total. The Balaban J connectivity index is 1.81. The highest BCUT2D eigenvalue weighted by Crippen LogP contribution is 2.32. The lowest BCUT2D eigenvalue weighted by Gasteiger charge is -2.08. The van der Waals surface area contributed by atoms with E-state index in [9.17, 15) is 19.1 Å². The van der Waals surface area contributed by atoms with Gasteiger partial charge < -0.3 is 15.4 Å². The monoisotopic (exact) mass is 424 g/mol. The third-order valence-corrected chi connectivity index (χ3v) is 4.50. The molecule has 0 aromatic carbocycles. The molecule has 11 heteroatoms. The van der Waals surface area contributed by atoms with Crippen LogP contribution in [0, 0.1) is 11.3 Å². The Labute approximate surface area is 175 Å². The van der Waals surface area contributed by atoms with E-state index in [2.05, 4.69) is 36.4 Å². The molecule has 0 fully saturated rings. The second kappa shape index (κ2) is 8.45. The van der Waals surface area contributed by atoms with Crippen molar-refractivity contribution in [3.05, 3.63) is 42.5 Å². The number of aromatic amines is 1. The van der Waals surface area contributed by atoms with Gasteiger partial charge in [0.05, 0.1) is 17.4 Å². The molecule has 0 saturated heterocycles. The average Bonchev–Trinajstić information content (AvgIpc) is 3.35. The number of nitriles is 1. The van der Waals surface area contributed by atoms with Crippen LogP contribution in [0.25, 0.3) is 33.5 Å². The highest BCUT2D eigenvalue weighted by Gasteiger charge is 2.18. The molecule has 0 radical (unpaired) electrons. The fourth-order valence-corrected chi connectivity index (χ4v) is 3.12. The minimum Gasteiger partial charge on any atom is -0.392 e.